The number of likely N-dealkylation sites (N-methyl/N-ethyl adjacent to an activating group) is 1. The molecule has 4 heterocycles. The molecule has 3 aliphatic rings. The second-order valence-electron chi connectivity index (χ2n) is 16.7. The summed E-state index contributed by atoms with van der Waals surface area (Å²) in [7, 11) is 3.75. The summed E-state index contributed by atoms with van der Waals surface area (Å²) in [5.41, 5.74) is -0.780. The van der Waals surface area contributed by atoms with Crippen LogP contribution in [0.25, 0.3) is 10.9 Å². The molecule has 0 saturated carbocycles. The van der Waals surface area contributed by atoms with Crippen LogP contribution in [0.15, 0.2) is 48.7 Å². The highest BCUT2D eigenvalue weighted by molar-refractivity contribution is 6.00. The van der Waals surface area contributed by atoms with Gasteiger partial charge >= 0.3 is 12.1 Å². The van der Waals surface area contributed by atoms with Crippen LogP contribution in [0.2, 0.25) is 0 Å². The second kappa shape index (κ2) is 17.8. The fourth-order valence-electron chi connectivity index (χ4n) is 8.88. The number of benzene rings is 1. The molecule has 0 unspecified atom stereocenters. The number of nitrogens with one attached hydrogen (secondary N) is 1. The normalized spacial score (nSPS) is 37.6. The number of hydrogen-bond acceptors (Lipinski definition) is 12. The molecule has 2 aromatic rings. The first-order valence-corrected chi connectivity index (χ1v) is 20.0. The van der Waals surface area contributed by atoms with Gasteiger partial charge in [-0.05, 0) is 85.2 Å². The minimum atomic E-state index is -1.38. The van der Waals surface area contributed by atoms with E-state index in [-0.39, 0.29) is 37.4 Å². The number of aromatic nitrogens is 1. The Morgan fingerprint density at radius 3 is 2.43 bits per heavy atom. The minimum Gasteiger partial charge on any atom is -0.458 e. The third-order valence-corrected chi connectivity index (χ3v) is 12.1. The number of carbonyl (C=O) groups is 4. The molecule has 56 heavy (non-hydrogen) atoms. The number of esters is 1. The summed E-state index contributed by atoms with van der Waals surface area (Å²) in [6, 6.07) is 8.88. The molecule has 13 heteroatoms. The van der Waals surface area contributed by atoms with Crippen LogP contribution in [0.3, 0.4) is 0 Å². The minimum absolute atomic E-state index is 0.0971. The Balaban J connectivity index is 1.52. The van der Waals surface area contributed by atoms with Crippen molar-refractivity contribution in [1.29, 1.82) is 0 Å². The molecule has 13 atom stereocenters. The number of hydrogen-bond donors (Lipinski definition) is 2. The maximum atomic E-state index is 14.4. The molecule has 0 spiro atoms. The number of alkyl carbamates (subject to hydrolysis) is 1. The van der Waals surface area contributed by atoms with E-state index in [1.54, 1.807) is 41.5 Å². The third kappa shape index (κ3) is 9.18. The first-order chi connectivity index (χ1) is 26.4. The van der Waals surface area contributed by atoms with Gasteiger partial charge in [0.2, 0.25) is 0 Å². The number of amides is 1. The lowest BCUT2D eigenvalue weighted by atomic mass is 9.73. The number of rotatable bonds is 9. The van der Waals surface area contributed by atoms with Crippen LogP contribution in [0.5, 0.6) is 0 Å². The number of pyridine rings is 1. The van der Waals surface area contributed by atoms with Crippen LogP contribution in [-0.4, -0.2) is 113 Å². The van der Waals surface area contributed by atoms with Crippen molar-refractivity contribution >= 4 is 34.5 Å². The number of fused-ring (bicyclic) bond motifs is 2. The third-order valence-electron chi connectivity index (χ3n) is 12.1. The zero-order valence-electron chi connectivity index (χ0n) is 34.5. The number of Topliss-reactive ketones (excluding diaryl/α,β-unsaturated/α-hetero) is 2. The average Bonchev–Trinajstić information content (AvgIpc) is 3.48. The number of allylic oxidation sites excluding steroid dienone is 1. The van der Waals surface area contributed by atoms with E-state index in [4.69, 9.17) is 23.7 Å². The lowest BCUT2D eigenvalue weighted by molar-refractivity contribution is -0.296. The summed E-state index contributed by atoms with van der Waals surface area (Å²) >= 11 is 0. The first kappa shape index (κ1) is 43.4. The van der Waals surface area contributed by atoms with Crippen molar-refractivity contribution in [3.05, 3.63) is 54.2 Å². The largest absolute Gasteiger partial charge is 0.458 e. The summed E-state index contributed by atoms with van der Waals surface area (Å²) in [5, 5.41) is 15.4. The van der Waals surface area contributed by atoms with Gasteiger partial charge in [0.1, 0.15) is 23.9 Å². The molecule has 1 amide bonds. The van der Waals surface area contributed by atoms with Crippen LogP contribution >= 0.6 is 0 Å². The van der Waals surface area contributed by atoms with Gasteiger partial charge in [-0.1, -0.05) is 58.0 Å². The number of aliphatic hydroxyl groups excluding tert-OH is 1. The van der Waals surface area contributed by atoms with Crippen LogP contribution in [0, 0.1) is 23.7 Å². The molecule has 13 nitrogen and oxygen atoms in total. The summed E-state index contributed by atoms with van der Waals surface area (Å²) in [6.07, 6.45) is 1.97. The Kier molecular flexibility index (Phi) is 13.8. The number of ketones is 2. The fourth-order valence-corrected chi connectivity index (χ4v) is 8.88. The van der Waals surface area contributed by atoms with E-state index in [0.29, 0.717) is 12.8 Å². The number of para-hydroxylation sites is 1. The van der Waals surface area contributed by atoms with Crippen LogP contribution in [0.4, 0.5) is 4.79 Å². The molecule has 308 valence electrons. The number of aliphatic hydroxyl groups is 1. The zero-order valence-corrected chi connectivity index (χ0v) is 34.5. The zero-order chi connectivity index (χ0) is 41.1. The van der Waals surface area contributed by atoms with Crippen molar-refractivity contribution in [1.82, 2.24) is 15.2 Å². The summed E-state index contributed by atoms with van der Waals surface area (Å²) in [5.74, 6) is -5.08. The van der Waals surface area contributed by atoms with Gasteiger partial charge < -0.3 is 39.0 Å². The van der Waals surface area contributed by atoms with E-state index in [1.165, 1.54) is 6.92 Å². The van der Waals surface area contributed by atoms with Gasteiger partial charge in [-0.3, -0.25) is 19.4 Å². The highest BCUT2D eigenvalue weighted by atomic mass is 16.7. The van der Waals surface area contributed by atoms with Gasteiger partial charge in [0.05, 0.1) is 36.0 Å². The van der Waals surface area contributed by atoms with Crippen molar-refractivity contribution < 1.29 is 48.0 Å². The topological polar surface area (TPSA) is 163 Å². The van der Waals surface area contributed by atoms with Crippen molar-refractivity contribution in [2.24, 2.45) is 23.7 Å². The van der Waals surface area contributed by atoms with Gasteiger partial charge in [0.25, 0.3) is 0 Å². The van der Waals surface area contributed by atoms with Gasteiger partial charge in [0, 0.05) is 35.4 Å². The van der Waals surface area contributed by atoms with Crippen LogP contribution < -0.4 is 5.32 Å². The number of nitrogens with zero attached hydrogens (tertiary/aromatic N) is 2. The lowest BCUT2D eigenvalue weighted by Crippen LogP contribution is -2.60. The molecule has 3 fully saturated rings. The molecule has 5 rings (SSSR count). The Bertz CT molecular complexity index is 1770. The molecule has 1 aromatic heterocycles. The van der Waals surface area contributed by atoms with E-state index in [2.05, 4.69) is 16.4 Å². The van der Waals surface area contributed by atoms with Crippen molar-refractivity contribution in [2.75, 3.05) is 20.7 Å². The standard InChI is InChI=1S/C43H61N3O10/c1-11-33-43(8)37(45-41(51)56-43)26(4)34(47)24(2)22-42(7,52-19-15-14-16-29-21-30-17-12-13-18-31(30)44-23-29)38(27(5)35(48)28(6)39(50)54-33)55-40-36(49)32(46(9)10)20-25(3)53-40/h12-15,17-18,21,23-28,32-33,36-38,40,49H,11,16,19-20,22H2,1-10H3,(H,45,51)/b15-14+/t24-,25-,26+,27+,28-,32+,33-,36-,37+,38-,40+,42-,43-/m1/s1. The highest BCUT2D eigenvalue weighted by Gasteiger charge is 2.57. The predicted molar refractivity (Wildman–Crippen MR) is 210 cm³/mol. The number of ether oxygens (including phenoxy) is 5. The van der Waals surface area contributed by atoms with Crippen molar-refractivity contribution in [3.63, 3.8) is 0 Å². The quantitative estimate of drug-likeness (QED) is 0.195. The molecular weight excluding hydrogens is 718 g/mol. The summed E-state index contributed by atoms with van der Waals surface area (Å²) in [4.78, 5) is 61.9. The van der Waals surface area contributed by atoms with Crippen LogP contribution in [0.1, 0.15) is 80.2 Å². The van der Waals surface area contributed by atoms with Gasteiger partial charge in [-0.2, -0.15) is 0 Å². The molecule has 0 bridgehead atoms. The monoisotopic (exact) mass is 779 g/mol. The van der Waals surface area contributed by atoms with E-state index in [9.17, 15) is 24.3 Å². The second-order valence-corrected chi connectivity index (χ2v) is 16.7. The average molecular weight is 780 g/mol. The maximum Gasteiger partial charge on any atom is 0.408 e. The first-order valence-electron chi connectivity index (χ1n) is 20.0. The van der Waals surface area contributed by atoms with E-state index in [0.717, 1.165) is 16.5 Å². The van der Waals surface area contributed by atoms with E-state index >= 15 is 0 Å². The number of cyclic esters (lactones) is 1. The van der Waals surface area contributed by atoms with E-state index < -0.39 is 83.4 Å². The lowest BCUT2D eigenvalue weighted by Gasteiger charge is -2.47. The molecule has 2 N–H and O–H groups in total. The Hall–Kier alpha value is -3.75. The molecule has 3 aliphatic heterocycles. The SMILES string of the molecule is CC[C@H]1OC(=O)[C@H](C)C(=O)[C@H](C)[C@@H](O[C@@H]2O[C@H](C)C[C@H](N(C)C)[C@H]2O)[C@](C)(OC/C=C/Cc2cnc3ccccc3c2)C[C@@H](C)C(=O)[C@H](C)[C@@H]2NC(=O)O[C@]12C. The summed E-state index contributed by atoms with van der Waals surface area (Å²) < 4.78 is 31.4. The maximum absolute atomic E-state index is 14.4. The van der Waals surface area contributed by atoms with Gasteiger partial charge in [0.15, 0.2) is 17.7 Å². The van der Waals surface area contributed by atoms with Crippen molar-refractivity contribution in [2.45, 2.75) is 135 Å². The molecular formula is C43H61N3O10. The molecule has 1 aromatic carbocycles. The Morgan fingerprint density at radius 2 is 1.73 bits per heavy atom. The van der Waals surface area contributed by atoms with Gasteiger partial charge in [-0.15, -0.1) is 0 Å². The smallest absolute Gasteiger partial charge is 0.408 e. The Labute approximate surface area is 330 Å². The Morgan fingerprint density at radius 1 is 1.02 bits per heavy atom. The molecule has 0 radical (unpaired) electrons. The fraction of sp³-hybridized carbons (Fsp3) is 0.651. The van der Waals surface area contributed by atoms with Crippen molar-refractivity contribution in [3.8, 4) is 0 Å². The number of carbonyl (C=O) groups excluding carboxylic acids is 4. The molecule has 0 aliphatic carbocycles. The summed E-state index contributed by atoms with van der Waals surface area (Å²) in [6.45, 7) is 13.9. The van der Waals surface area contributed by atoms with E-state index in [1.807, 2.05) is 68.5 Å². The predicted octanol–water partition coefficient (Wildman–Crippen LogP) is 5.20. The highest BCUT2D eigenvalue weighted by Crippen LogP contribution is 2.40. The van der Waals surface area contributed by atoms with Crippen LogP contribution in [-0.2, 0) is 44.5 Å². The van der Waals surface area contributed by atoms with Gasteiger partial charge in [-0.25, -0.2) is 4.79 Å². The molecule has 3 saturated heterocycles.